The second kappa shape index (κ2) is 8.34. The van der Waals surface area contributed by atoms with Gasteiger partial charge in [0.05, 0.1) is 14.2 Å². The molecule has 1 N–H and O–H groups in total. The number of hydrogen-bond acceptors (Lipinski definition) is 5. The van der Waals surface area contributed by atoms with Gasteiger partial charge < -0.3 is 14.8 Å². The summed E-state index contributed by atoms with van der Waals surface area (Å²) in [5.41, 5.74) is 1.58. The predicted molar refractivity (Wildman–Crippen MR) is 89.2 cm³/mol. The van der Waals surface area contributed by atoms with E-state index in [4.69, 9.17) is 9.47 Å². The molecule has 1 amide bonds. The molecule has 0 radical (unpaired) electrons. The Kier molecular flexibility index (Phi) is 5.92. The van der Waals surface area contributed by atoms with E-state index in [9.17, 15) is 10.1 Å². The van der Waals surface area contributed by atoms with Gasteiger partial charge in [0.15, 0.2) is 11.5 Å². The van der Waals surface area contributed by atoms with Gasteiger partial charge in [0.1, 0.15) is 11.6 Å². The SMILES string of the molecule is COc1ccc(C=C(C#N)C(=O)NCc2ccncc2)cc1OC. The zero-order valence-corrected chi connectivity index (χ0v) is 13.4. The summed E-state index contributed by atoms with van der Waals surface area (Å²) in [6.45, 7) is 0.326. The van der Waals surface area contributed by atoms with E-state index in [1.807, 2.05) is 6.07 Å². The second-order valence-electron chi connectivity index (χ2n) is 4.82. The number of nitriles is 1. The lowest BCUT2D eigenvalue weighted by atomic mass is 10.1. The Morgan fingerprint density at radius 3 is 2.54 bits per heavy atom. The van der Waals surface area contributed by atoms with Crippen LogP contribution in [0.1, 0.15) is 11.1 Å². The van der Waals surface area contributed by atoms with E-state index in [2.05, 4.69) is 10.3 Å². The van der Waals surface area contributed by atoms with Crippen LogP contribution in [0.15, 0.2) is 48.3 Å². The first-order valence-electron chi connectivity index (χ1n) is 7.19. The topological polar surface area (TPSA) is 84.2 Å². The molecule has 122 valence electrons. The summed E-state index contributed by atoms with van der Waals surface area (Å²) in [6.07, 6.45) is 4.79. The molecule has 1 aromatic heterocycles. The molecular weight excluding hydrogens is 306 g/mol. The van der Waals surface area contributed by atoms with Crippen LogP contribution in [0.2, 0.25) is 0 Å². The monoisotopic (exact) mass is 323 g/mol. The van der Waals surface area contributed by atoms with Crippen molar-refractivity contribution >= 4 is 12.0 Å². The van der Waals surface area contributed by atoms with Crippen LogP contribution in [-0.2, 0) is 11.3 Å². The minimum atomic E-state index is -0.441. The molecule has 0 saturated heterocycles. The Balaban J connectivity index is 2.13. The van der Waals surface area contributed by atoms with Crippen molar-refractivity contribution < 1.29 is 14.3 Å². The molecule has 6 heteroatoms. The number of nitrogens with one attached hydrogen (secondary N) is 1. The molecule has 0 bridgehead atoms. The third kappa shape index (κ3) is 4.34. The molecule has 1 aromatic carbocycles. The van der Waals surface area contributed by atoms with Crippen LogP contribution >= 0.6 is 0 Å². The molecule has 0 aliphatic carbocycles. The fraction of sp³-hybridized carbons (Fsp3) is 0.167. The van der Waals surface area contributed by atoms with Gasteiger partial charge in [0.25, 0.3) is 5.91 Å². The first kappa shape index (κ1) is 17.0. The van der Waals surface area contributed by atoms with E-state index in [1.54, 1.807) is 49.8 Å². The minimum absolute atomic E-state index is 0.0104. The number of nitrogens with zero attached hydrogens (tertiary/aromatic N) is 2. The third-order valence-corrected chi connectivity index (χ3v) is 3.29. The Morgan fingerprint density at radius 2 is 1.92 bits per heavy atom. The number of rotatable bonds is 6. The van der Waals surface area contributed by atoms with Crippen LogP contribution < -0.4 is 14.8 Å². The van der Waals surface area contributed by atoms with Gasteiger partial charge in [-0.3, -0.25) is 9.78 Å². The zero-order chi connectivity index (χ0) is 17.4. The van der Waals surface area contributed by atoms with E-state index >= 15 is 0 Å². The maximum atomic E-state index is 12.2. The van der Waals surface area contributed by atoms with Crippen LogP contribution in [0.25, 0.3) is 6.08 Å². The number of benzene rings is 1. The number of carbonyl (C=O) groups is 1. The largest absolute Gasteiger partial charge is 0.493 e. The number of amides is 1. The van der Waals surface area contributed by atoms with Crippen molar-refractivity contribution in [2.45, 2.75) is 6.54 Å². The Bertz CT molecular complexity index is 780. The summed E-state index contributed by atoms with van der Waals surface area (Å²) in [7, 11) is 3.07. The van der Waals surface area contributed by atoms with Crippen molar-refractivity contribution in [3.05, 3.63) is 59.4 Å². The lowest BCUT2D eigenvalue weighted by molar-refractivity contribution is -0.117. The van der Waals surface area contributed by atoms with Crippen LogP contribution in [0.3, 0.4) is 0 Å². The number of aromatic nitrogens is 1. The fourth-order valence-corrected chi connectivity index (χ4v) is 2.04. The molecule has 2 rings (SSSR count). The highest BCUT2D eigenvalue weighted by molar-refractivity contribution is 6.01. The van der Waals surface area contributed by atoms with Gasteiger partial charge in [-0.05, 0) is 41.5 Å². The van der Waals surface area contributed by atoms with Crippen LogP contribution in [0, 0.1) is 11.3 Å². The quantitative estimate of drug-likeness (QED) is 0.651. The number of methoxy groups -OCH3 is 2. The van der Waals surface area contributed by atoms with Crippen LogP contribution in [-0.4, -0.2) is 25.1 Å². The van der Waals surface area contributed by atoms with Gasteiger partial charge in [0, 0.05) is 18.9 Å². The van der Waals surface area contributed by atoms with Crippen molar-refractivity contribution in [1.82, 2.24) is 10.3 Å². The maximum absolute atomic E-state index is 12.2. The van der Waals surface area contributed by atoms with Crippen LogP contribution in [0.5, 0.6) is 11.5 Å². The molecule has 0 spiro atoms. The molecule has 0 aliphatic rings. The first-order chi connectivity index (χ1) is 11.7. The maximum Gasteiger partial charge on any atom is 0.262 e. The van der Waals surface area contributed by atoms with Crippen molar-refractivity contribution in [3.8, 4) is 17.6 Å². The van der Waals surface area contributed by atoms with Gasteiger partial charge in [-0.1, -0.05) is 6.07 Å². The highest BCUT2D eigenvalue weighted by Gasteiger charge is 2.10. The Morgan fingerprint density at radius 1 is 1.21 bits per heavy atom. The van der Waals surface area contributed by atoms with Crippen molar-refractivity contribution in [2.75, 3.05) is 14.2 Å². The molecule has 24 heavy (non-hydrogen) atoms. The lowest BCUT2D eigenvalue weighted by Gasteiger charge is -2.08. The van der Waals surface area contributed by atoms with Crippen molar-refractivity contribution in [3.63, 3.8) is 0 Å². The summed E-state index contributed by atoms with van der Waals surface area (Å²) in [5.74, 6) is 0.667. The highest BCUT2D eigenvalue weighted by Crippen LogP contribution is 2.28. The third-order valence-electron chi connectivity index (χ3n) is 3.29. The van der Waals surface area contributed by atoms with Gasteiger partial charge in [-0.2, -0.15) is 5.26 Å². The van der Waals surface area contributed by atoms with E-state index in [1.165, 1.54) is 13.2 Å². The molecular formula is C18H17N3O3. The predicted octanol–water partition coefficient (Wildman–Crippen LogP) is 2.32. The smallest absolute Gasteiger partial charge is 0.262 e. The fourth-order valence-electron chi connectivity index (χ4n) is 2.04. The molecule has 0 fully saturated rings. The zero-order valence-electron chi connectivity index (χ0n) is 13.4. The minimum Gasteiger partial charge on any atom is -0.493 e. The summed E-state index contributed by atoms with van der Waals surface area (Å²) in [6, 6.07) is 10.7. The molecule has 0 aliphatic heterocycles. The summed E-state index contributed by atoms with van der Waals surface area (Å²) in [5, 5.41) is 11.9. The second-order valence-corrected chi connectivity index (χ2v) is 4.82. The molecule has 2 aromatic rings. The van der Waals surface area contributed by atoms with E-state index in [0.29, 0.717) is 23.6 Å². The lowest BCUT2D eigenvalue weighted by Crippen LogP contribution is -2.23. The number of carbonyl (C=O) groups excluding carboxylic acids is 1. The Hall–Kier alpha value is -3.33. The molecule has 6 nitrogen and oxygen atoms in total. The number of hydrogen-bond donors (Lipinski definition) is 1. The number of pyridine rings is 1. The summed E-state index contributed by atoms with van der Waals surface area (Å²) in [4.78, 5) is 16.1. The average Bonchev–Trinajstić information content (AvgIpc) is 2.64. The molecule has 0 unspecified atom stereocenters. The normalized spacial score (nSPS) is 10.6. The summed E-state index contributed by atoms with van der Waals surface area (Å²) < 4.78 is 10.4. The molecule has 1 heterocycles. The van der Waals surface area contributed by atoms with Gasteiger partial charge >= 0.3 is 0 Å². The number of ether oxygens (including phenoxy) is 2. The van der Waals surface area contributed by atoms with Gasteiger partial charge in [-0.25, -0.2) is 0 Å². The standard InChI is InChI=1S/C18H17N3O3/c1-23-16-4-3-14(10-17(16)24-2)9-15(11-19)18(22)21-12-13-5-7-20-8-6-13/h3-10H,12H2,1-2H3,(H,21,22). The van der Waals surface area contributed by atoms with E-state index < -0.39 is 5.91 Å². The van der Waals surface area contributed by atoms with E-state index in [-0.39, 0.29) is 5.57 Å². The van der Waals surface area contributed by atoms with Crippen molar-refractivity contribution in [1.29, 1.82) is 5.26 Å². The van der Waals surface area contributed by atoms with Gasteiger partial charge in [0.2, 0.25) is 0 Å². The molecule has 0 saturated carbocycles. The summed E-state index contributed by atoms with van der Waals surface area (Å²) >= 11 is 0. The Labute approximate surface area is 140 Å². The highest BCUT2D eigenvalue weighted by atomic mass is 16.5. The average molecular weight is 323 g/mol. The van der Waals surface area contributed by atoms with Crippen LogP contribution in [0.4, 0.5) is 0 Å². The van der Waals surface area contributed by atoms with E-state index in [0.717, 1.165) is 5.56 Å². The molecule has 0 atom stereocenters. The van der Waals surface area contributed by atoms with Gasteiger partial charge in [-0.15, -0.1) is 0 Å². The van der Waals surface area contributed by atoms with Crippen molar-refractivity contribution in [2.24, 2.45) is 0 Å². The first-order valence-corrected chi connectivity index (χ1v) is 7.19.